The first-order valence-corrected chi connectivity index (χ1v) is 8.02. The summed E-state index contributed by atoms with van der Waals surface area (Å²) in [5, 5.41) is 6.10. The fraction of sp³-hybridized carbons (Fsp3) is 0.857. The summed E-state index contributed by atoms with van der Waals surface area (Å²) in [4.78, 5) is 30.3. The molecule has 3 heterocycles. The van der Waals surface area contributed by atoms with Crippen molar-refractivity contribution >= 4 is 11.9 Å². The molecule has 0 aliphatic carbocycles. The van der Waals surface area contributed by atoms with E-state index in [1.54, 1.807) is 0 Å². The van der Waals surface area contributed by atoms with Gasteiger partial charge in [-0.15, -0.1) is 0 Å². The fourth-order valence-electron chi connectivity index (χ4n) is 3.44. The first-order valence-electron chi connectivity index (χ1n) is 8.02. The third-order valence-corrected chi connectivity index (χ3v) is 4.68. The van der Waals surface area contributed by atoms with Gasteiger partial charge in [0.15, 0.2) is 0 Å². The predicted molar refractivity (Wildman–Crippen MR) is 79.0 cm³/mol. The van der Waals surface area contributed by atoms with E-state index in [0.29, 0.717) is 0 Å². The molecule has 0 aromatic carbocycles. The predicted octanol–water partition coefficient (Wildman–Crippen LogP) is -1.09. The maximum atomic E-state index is 12.6. The van der Waals surface area contributed by atoms with Crippen molar-refractivity contribution in [2.24, 2.45) is 0 Å². The highest BCUT2D eigenvalue weighted by Crippen LogP contribution is 2.19. The number of carbonyl (C=O) groups excluding carboxylic acids is 2. The van der Waals surface area contributed by atoms with Crippen molar-refractivity contribution in [2.75, 3.05) is 58.9 Å². The number of rotatable bonds is 4. The van der Waals surface area contributed by atoms with Crippen LogP contribution in [0.25, 0.3) is 0 Å². The lowest BCUT2D eigenvalue weighted by Crippen LogP contribution is -2.53. The van der Waals surface area contributed by atoms with E-state index in [1.807, 2.05) is 9.80 Å². The van der Waals surface area contributed by atoms with Crippen LogP contribution in [0.1, 0.15) is 12.8 Å². The van der Waals surface area contributed by atoms with Crippen LogP contribution in [0.15, 0.2) is 0 Å². The lowest BCUT2D eigenvalue weighted by molar-refractivity contribution is -0.136. The Morgan fingerprint density at radius 1 is 1.10 bits per heavy atom. The number of nitrogens with zero attached hydrogens (tertiary/aromatic N) is 3. The minimum absolute atomic E-state index is 0.0220. The van der Waals surface area contributed by atoms with Crippen LogP contribution in [0.3, 0.4) is 0 Å². The maximum Gasteiger partial charge on any atom is 0.317 e. The van der Waals surface area contributed by atoms with Crippen molar-refractivity contribution in [1.29, 1.82) is 0 Å². The second-order valence-corrected chi connectivity index (χ2v) is 5.99. The molecule has 3 saturated heterocycles. The second-order valence-electron chi connectivity index (χ2n) is 5.99. The highest BCUT2D eigenvalue weighted by Gasteiger charge is 2.34. The summed E-state index contributed by atoms with van der Waals surface area (Å²) in [6.07, 6.45) is 2.03. The molecular formula is C14H25N5O2. The molecule has 1 atom stereocenters. The molecule has 3 aliphatic rings. The van der Waals surface area contributed by atoms with E-state index in [9.17, 15) is 9.59 Å². The average Bonchev–Trinajstić information content (AvgIpc) is 3.14. The van der Waals surface area contributed by atoms with Gasteiger partial charge in [-0.2, -0.15) is 0 Å². The summed E-state index contributed by atoms with van der Waals surface area (Å²) in [7, 11) is 0. The van der Waals surface area contributed by atoms with Crippen LogP contribution in [-0.4, -0.2) is 91.6 Å². The standard InChI is InChI=1S/C14H25N5O2/c20-13(18-7-3-15-4-8-18)12-2-1-6-17(12)10-11-19-9-5-16-14(19)21/h12,15H,1-11H2,(H,16,21). The number of hydrogen-bond donors (Lipinski definition) is 2. The Morgan fingerprint density at radius 3 is 2.62 bits per heavy atom. The van der Waals surface area contributed by atoms with Crippen LogP contribution in [-0.2, 0) is 4.79 Å². The van der Waals surface area contributed by atoms with Gasteiger partial charge in [-0.3, -0.25) is 9.69 Å². The van der Waals surface area contributed by atoms with Crippen molar-refractivity contribution < 1.29 is 9.59 Å². The van der Waals surface area contributed by atoms with Gasteiger partial charge < -0.3 is 20.4 Å². The Kier molecular flexibility index (Phi) is 4.60. The normalized spacial score (nSPS) is 27.2. The van der Waals surface area contributed by atoms with Gasteiger partial charge in [0.1, 0.15) is 0 Å². The van der Waals surface area contributed by atoms with Gasteiger partial charge >= 0.3 is 6.03 Å². The summed E-state index contributed by atoms with van der Waals surface area (Å²) in [5.74, 6) is 0.278. The molecule has 0 bridgehead atoms. The smallest absolute Gasteiger partial charge is 0.317 e. The Morgan fingerprint density at radius 2 is 1.90 bits per heavy atom. The van der Waals surface area contributed by atoms with E-state index in [0.717, 1.165) is 71.7 Å². The summed E-state index contributed by atoms with van der Waals surface area (Å²) < 4.78 is 0. The minimum atomic E-state index is 0.0220. The van der Waals surface area contributed by atoms with E-state index >= 15 is 0 Å². The van der Waals surface area contributed by atoms with E-state index in [1.165, 1.54) is 0 Å². The van der Waals surface area contributed by atoms with Gasteiger partial charge in [0.05, 0.1) is 6.04 Å². The molecule has 3 fully saturated rings. The zero-order valence-corrected chi connectivity index (χ0v) is 12.5. The van der Waals surface area contributed by atoms with Crippen LogP contribution in [0.5, 0.6) is 0 Å². The molecule has 7 heteroatoms. The lowest BCUT2D eigenvalue weighted by atomic mass is 10.1. The summed E-state index contributed by atoms with van der Waals surface area (Å²) in [5.41, 5.74) is 0. The number of piperazine rings is 1. The summed E-state index contributed by atoms with van der Waals surface area (Å²) >= 11 is 0. The molecule has 3 aliphatic heterocycles. The van der Waals surface area contributed by atoms with E-state index in [4.69, 9.17) is 0 Å². The van der Waals surface area contributed by atoms with E-state index < -0.39 is 0 Å². The Bertz CT molecular complexity index is 397. The van der Waals surface area contributed by atoms with Gasteiger partial charge in [0, 0.05) is 52.4 Å². The summed E-state index contributed by atoms with van der Waals surface area (Å²) in [6, 6.07) is 0.0490. The van der Waals surface area contributed by atoms with Gasteiger partial charge in [-0.1, -0.05) is 0 Å². The van der Waals surface area contributed by atoms with Gasteiger partial charge in [-0.05, 0) is 19.4 Å². The SMILES string of the molecule is O=C1NCCN1CCN1CCCC1C(=O)N1CCNCC1. The molecule has 0 aromatic rings. The number of urea groups is 1. The fourth-order valence-corrected chi connectivity index (χ4v) is 3.44. The first kappa shape index (κ1) is 14.6. The molecule has 7 nitrogen and oxygen atoms in total. The monoisotopic (exact) mass is 295 g/mol. The third-order valence-electron chi connectivity index (χ3n) is 4.68. The number of nitrogens with one attached hydrogen (secondary N) is 2. The average molecular weight is 295 g/mol. The molecule has 3 rings (SSSR count). The number of likely N-dealkylation sites (tertiary alicyclic amines) is 1. The van der Waals surface area contributed by atoms with Crippen molar-refractivity contribution in [3.05, 3.63) is 0 Å². The van der Waals surface area contributed by atoms with Gasteiger partial charge in [-0.25, -0.2) is 4.79 Å². The second kappa shape index (κ2) is 6.62. The zero-order chi connectivity index (χ0) is 14.7. The Hall–Kier alpha value is -1.34. The molecule has 0 aromatic heterocycles. The van der Waals surface area contributed by atoms with Crippen molar-refractivity contribution in [1.82, 2.24) is 25.3 Å². The molecule has 0 saturated carbocycles. The van der Waals surface area contributed by atoms with Crippen LogP contribution in [0.2, 0.25) is 0 Å². The summed E-state index contributed by atoms with van der Waals surface area (Å²) in [6.45, 7) is 7.43. The van der Waals surface area contributed by atoms with E-state index in [-0.39, 0.29) is 18.0 Å². The lowest BCUT2D eigenvalue weighted by Gasteiger charge is -2.33. The highest BCUT2D eigenvalue weighted by atomic mass is 16.2. The molecule has 118 valence electrons. The molecule has 1 unspecified atom stereocenters. The van der Waals surface area contributed by atoms with Crippen LogP contribution in [0.4, 0.5) is 4.79 Å². The maximum absolute atomic E-state index is 12.6. The number of carbonyl (C=O) groups is 2. The van der Waals surface area contributed by atoms with Gasteiger partial charge in [0.25, 0.3) is 0 Å². The third kappa shape index (κ3) is 3.29. The molecule has 3 amide bonds. The quantitative estimate of drug-likeness (QED) is 0.691. The number of amides is 3. The molecule has 0 spiro atoms. The Labute approximate surface area is 125 Å². The van der Waals surface area contributed by atoms with Crippen molar-refractivity contribution in [2.45, 2.75) is 18.9 Å². The van der Waals surface area contributed by atoms with Crippen molar-refractivity contribution in [3.8, 4) is 0 Å². The topological polar surface area (TPSA) is 67.9 Å². The molecule has 0 radical (unpaired) electrons. The van der Waals surface area contributed by atoms with Crippen LogP contribution >= 0.6 is 0 Å². The first-order chi connectivity index (χ1) is 10.3. The minimum Gasteiger partial charge on any atom is -0.339 e. The Balaban J connectivity index is 1.52. The largest absolute Gasteiger partial charge is 0.339 e. The van der Waals surface area contributed by atoms with Gasteiger partial charge in [0.2, 0.25) is 5.91 Å². The zero-order valence-electron chi connectivity index (χ0n) is 12.5. The highest BCUT2D eigenvalue weighted by molar-refractivity contribution is 5.82. The van der Waals surface area contributed by atoms with Crippen LogP contribution in [0, 0.1) is 0 Å². The van der Waals surface area contributed by atoms with Crippen molar-refractivity contribution in [3.63, 3.8) is 0 Å². The molecular weight excluding hydrogens is 270 g/mol. The molecule has 21 heavy (non-hydrogen) atoms. The van der Waals surface area contributed by atoms with Crippen LogP contribution < -0.4 is 10.6 Å². The molecule has 2 N–H and O–H groups in total. The van der Waals surface area contributed by atoms with E-state index in [2.05, 4.69) is 15.5 Å². The number of hydrogen-bond acceptors (Lipinski definition) is 4.